The van der Waals surface area contributed by atoms with Crippen molar-refractivity contribution < 1.29 is 4.79 Å². The van der Waals surface area contributed by atoms with E-state index >= 15 is 0 Å². The number of carbonyl (C=O) groups excluding carboxylic acids is 1. The Bertz CT molecular complexity index is 354. The van der Waals surface area contributed by atoms with Crippen LogP contribution in [-0.4, -0.2) is 5.12 Å². The number of hydrogen-bond acceptors (Lipinski definition) is 2. The lowest BCUT2D eigenvalue weighted by molar-refractivity contribution is -0.109. The fourth-order valence-corrected chi connectivity index (χ4v) is 1.52. The number of thioether (sulfide) groups is 1. The van der Waals surface area contributed by atoms with E-state index in [2.05, 4.69) is 11.8 Å². The maximum absolute atomic E-state index is 10.8. The fraction of sp³-hybridized carbons (Fsp3) is 0.182. The van der Waals surface area contributed by atoms with E-state index in [0.29, 0.717) is 0 Å². The van der Waals surface area contributed by atoms with Gasteiger partial charge in [-0.2, -0.15) is 0 Å². The van der Waals surface area contributed by atoms with Gasteiger partial charge in [-0.3, -0.25) is 4.79 Å². The molecule has 0 atom stereocenters. The molecule has 0 radical (unpaired) electrons. The van der Waals surface area contributed by atoms with Crippen molar-refractivity contribution in [3.63, 3.8) is 0 Å². The van der Waals surface area contributed by atoms with Gasteiger partial charge in [0.25, 0.3) is 0 Å². The molecular weight excluding hydrogens is 180 g/mol. The van der Waals surface area contributed by atoms with E-state index in [1.807, 2.05) is 24.3 Å². The van der Waals surface area contributed by atoms with E-state index in [1.165, 1.54) is 11.8 Å². The first-order chi connectivity index (χ1) is 6.22. The molecule has 2 heteroatoms. The highest BCUT2D eigenvalue weighted by Crippen LogP contribution is 2.18. The minimum atomic E-state index is 0.106. The van der Waals surface area contributed by atoms with Gasteiger partial charge in [0, 0.05) is 17.4 Å². The van der Waals surface area contributed by atoms with Gasteiger partial charge in [-0.15, -0.1) is 5.92 Å². The second kappa shape index (κ2) is 4.74. The van der Waals surface area contributed by atoms with Crippen LogP contribution in [0.3, 0.4) is 0 Å². The van der Waals surface area contributed by atoms with Crippen molar-refractivity contribution in [2.24, 2.45) is 0 Å². The maximum Gasteiger partial charge on any atom is 0.190 e. The Morgan fingerprint density at radius 3 is 2.38 bits per heavy atom. The van der Waals surface area contributed by atoms with Crippen LogP contribution in [0.1, 0.15) is 19.4 Å². The minimum Gasteiger partial charge on any atom is -0.287 e. The quantitative estimate of drug-likeness (QED) is 0.500. The van der Waals surface area contributed by atoms with Crippen LogP contribution < -0.4 is 0 Å². The van der Waals surface area contributed by atoms with Gasteiger partial charge in [0.05, 0.1) is 0 Å². The third-order valence-corrected chi connectivity index (χ3v) is 2.18. The lowest BCUT2D eigenvalue weighted by Crippen LogP contribution is -1.81. The van der Waals surface area contributed by atoms with Crippen LogP contribution in [0.5, 0.6) is 0 Å². The van der Waals surface area contributed by atoms with Crippen LogP contribution in [-0.2, 0) is 4.79 Å². The summed E-state index contributed by atoms with van der Waals surface area (Å²) in [5.74, 6) is 5.76. The summed E-state index contributed by atoms with van der Waals surface area (Å²) in [6.45, 7) is 3.36. The van der Waals surface area contributed by atoms with Gasteiger partial charge in [0.1, 0.15) is 0 Å². The van der Waals surface area contributed by atoms with Crippen LogP contribution in [0.15, 0.2) is 29.2 Å². The average molecular weight is 190 g/mol. The third kappa shape index (κ3) is 3.35. The van der Waals surface area contributed by atoms with E-state index in [4.69, 9.17) is 0 Å². The van der Waals surface area contributed by atoms with E-state index in [-0.39, 0.29) is 5.12 Å². The molecule has 0 amide bonds. The lowest BCUT2D eigenvalue weighted by Gasteiger charge is -1.96. The Balaban J connectivity index is 2.79. The van der Waals surface area contributed by atoms with Crippen molar-refractivity contribution >= 4 is 16.9 Å². The molecule has 1 nitrogen and oxygen atoms in total. The number of benzene rings is 1. The summed E-state index contributed by atoms with van der Waals surface area (Å²) >= 11 is 1.24. The van der Waals surface area contributed by atoms with E-state index in [0.717, 1.165) is 10.5 Å². The van der Waals surface area contributed by atoms with Crippen molar-refractivity contribution in [2.75, 3.05) is 0 Å². The predicted octanol–water partition coefficient (Wildman–Crippen LogP) is 2.70. The number of rotatable bonds is 1. The van der Waals surface area contributed by atoms with Crippen LogP contribution in [0.2, 0.25) is 0 Å². The highest BCUT2D eigenvalue weighted by Gasteiger charge is 1.96. The molecule has 0 bridgehead atoms. The Labute approximate surface area is 82.5 Å². The number of hydrogen-bond donors (Lipinski definition) is 0. The van der Waals surface area contributed by atoms with Gasteiger partial charge in [-0.25, -0.2) is 0 Å². The number of carbonyl (C=O) groups is 1. The molecule has 66 valence electrons. The topological polar surface area (TPSA) is 17.1 Å². The van der Waals surface area contributed by atoms with Crippen LogP contribution in [0.25, 0.3) is 0 Å². The molecule has 1 rings (SSSR count). The Kier molecular flexibility index (Phi) is 3.60. The van der Waals surface area contributed by atoms with Crippen LogP contribution in [0.4, 0.5) is 0 Å². The SMILES string of the molecule is CC#Cc1ccc(SC(C)=O)cc1. The Hall–Kier alpha value is -1.20. The highest BCUT2D eigenvalue weighted by atomic mass is 32.2. The zero-order valence-corrected chi connectivity index (χ0v) is 8.44. The lowest BCUT2D eigenvalue weighted by atomic mass is 10.2. The molecule has 0 spiro atoms. The van der Waals surface area contributed by atoms with Crippen molar-refractivity contribution in [2.45, 2.75) is 18.7 Å². The largest absolute Gasteiger partial charge is 0.287 e. The summed E-state index contributed by atoms with van der Waals surface area (Å²) in [5, 5.41) is 0.106. The van der Waals surface area contributed by atoms with Gasteiger partial charge in [-0.1, -0.05) is 17.7 Å². The van der Waals surface area contributed by atoms with E-state index < -0.39 is 0 Å². The van der Waals surface area contributed by atoms with Gasteiger partial charge >= 0.3 is 0 Å². The van der Waals surface area contributed by atoms with Crippen LogP contribution >= 0.6 is 11.8 Å². The summed E-state index contributed by atoms with van der Waals surface area (Å²) in [7, 11) is 0. The Morgan fingerprint density at radius 2 is 1.92 bits per heavy atom. The molecule has 0 N–H and O–H groups in total. The first-order valence-corrected chi connectivity index (χ1v) is 4.75. The first kappa shape index (κ1) is 9.88. The Morgan fingerprint density at radius 1 is 1.31 bits per heavy atom. The first-order valence-electron chi connectivity index (χ1n) is 3.93. The molecule has 0 fully saturated rings. The molecule has 0 aliphatic heterocycles. The summed E-state index contributed by atoms with van der Waals surface area (Å²) in [5.41, 5.74) is 0.982. The normalized spacial score (nSPS) is 8.77. The minimum absolute atomic E-state index is 0.106. The van der Waals surface area contributed by atoms with Crippen LogP contribution in [0, 0.1) is 11.8 Å². The van der Waals surface area contributed by atoms with Crippen molar-refractivity contribution in [1.82, 2.24) is 0 Å². The standard InChI is InChI=1S/C11H10OS/c1-3-4-10-5-7-11(8-6-10)13-9(2)12/h5-8H,1-2H3. The second-order valence-corrected chi connectivity index (χ2v) is 3.74. The zero-order valence-electron chi connectivity index (χ0n) is 7.63. The van der Waals surface area contributed by atoms with Gasteiger partial charge in [-0.05, 0) is 31.2 Å². The molecule has 0 unspecified atom stereocenters. The zero-order chi connectivity index (χ0) is 9.68. The van der Waals surface area contributed by atoms with Crippen molar-refractivity contribution in [3.05, 3.63) is 29.8 Å². The molecule has 0 aromatic heterocycles. The van der Waals surface area contributed by atoms with E-state index in [1.54, 1.807) is 13.8 Å². The smallest absolute Gasteiger partial charge is 0.190 e. The van der Waals surface area contributed by atoms with Crippen molar-refractivity contribution in [1.29, 1.82) is 0 Å². The highest BCUT2D eigenvalue weighted by molar-refractivity contribution is 8.13. The summed E-state index contributed by atoms with van der Waals surface area (Å²) in [4.78, 5) is 11.7. The molecule has 1 aromatic rings. The van der Waals surface area contributed by atoms with E-state index in [9.17, 15) is 4.79 Å². The molecule has 0 saturated carbocycles. The molecule has 13 heavy (non-hydrogen) atoms. The van der Waals surface area contributed by atoms with Gasteiger partial charge in [0.2, 0.25) is 0 Å². The summed E-state index contributed by atoms with van der Waals surface area (Å²) < 4.78 is 0. The molecule has 0 aliphatic rings. The summed E-state index contributed by atoms with van der Waals surface area (Å²) in [6.07, 6.45) is 0. The van der Waals surface area contributed by atoms with Crippen molar-refractivity contribution in [3.8, 4) is 11.8 Å². The molecular formula is C11H10OS. The molecule has 0 saturated heterocycles. The monoisotopic (exact) mass is 190 g/mol. The molecule has 1 aromatic carbocycles. The average Bonchev–Trinajstić information content (AvgIpc) is 2.08. The predicted molar refractivity (Wildman–Crippen MR) is 55.5 cm³/mol. The third-order valence-electron chi connectivity index (χ3n) is 1.39. The summed E-state index contributed by atoms with van der Waals surface area (Å²) in [6, 6.07) is 7.65. The fourth-order valence-electron chi connectivity index (χ4n) is 0.917. The molecule has 0 heterocycles. The van der Waals surface area contributed by atoms with Gasteiger partial charge in [0.15, 0.2) is 5.12 Å². The van der Waals surface area contributed by atoms with Gasteiger partial charge < -0.3 is 0 Å². The second-order valence-electron chi connectivity index (χ2n) is 2.49. The molecule has 0 aliphatic carbocycles. The maximum atomic E-state index is 10.8.